The Hall–Kier alpha value is -3.58. The number of halogens is 1. The third kappa shape index (κ3) is 4.56. The summed E-state index contributed by atoms with van der Waals surface area (Å²) in [5.74, 6) is 0.995. The fraction of sp³-hybridized carbons (Fsp3) is 0.296. The molecule has 0 spiro atoms. The number of hydrogen-bond donors (Lipinski definition) is 3. The second-order valence-corrected chi connectivity index (χ2v) is 9.07. The number of aromatic nitrogens is 4. The van der Waals surface area contributed by atoms with Gasteiger partial charge in [-0.2, -0.15) is 0 Å². The highest BCUT2D eigenvalue weighted by Crippen LogP contribution is 2.37. The normalized spacial score (nSPS) is 16.2. The van der Waals surface area contributed by atoms with Crippen LogP contribution in [0.3, 0.4) is 0 Å². The molecule has 0 bridgehead atoms. The maximum absolute atomic E-state index is 13.6. The number of aromatic amines is 1. The molecule has 2 heterocycles. The van der Waals surface area contributed by atoms with E-state index in [9.17, 15) is 4.39 Å². The predicted molar refractivity (Wildman–Crippen MR) is 132 cm³/mol. The lowest BCUT2D eigenvalue weighted by Gasteiger charge is -2.31. The first kappa shape index (κ1) is 22.2. The van der Waals surface area contributed by atoms with Gasteiger partial charge in [0.15, 0.2) is 0 Å². The van der Waals surface area contributed by atoms with Gasteiger partial charge < -0.3 is 16.0 Å². The summed E-state index contributed by atoms with van der Waals surface area (Å²) in [5, 5.41) is 3.38. The summed E-state index contributed by atoms with van der Waals surface area (Å²) in [7, 11) is 0. The van der Waals surface area contributed by atoms with Gasteiger partial charge in [-0.1, -0.05) is 49.6 Å². The van der Waals surface area contributed by atoms with Crippen molar-refractivity contribution in [2.75, 3.05) is 5.32 Å². The number of benzene rings is 2. The number of nitrogens with zero attached hydrogens (tertiary/aromatic N) is 3. The van der Waals surface area contributed by atoms with E-state index in [1.54, 1.807) is 18.3 Å². The van der Waals surface area contributed by atoms with Crippen LogP contribution in [0.25, 0.3) is 22.6 Å². The molecule has 7 heteroatoms. The SMILES string of the molecule is C[C@H](Nc1nccc(-c2[nH]c(C3(N)CCCCC3)nc2-c2ccc(F)cc2)n1)c1ccccc1. The second kappa shape index (κ2) is 9.35. The summed E-state index contributed by atoms with van der Waals surface area (Å²) in [6.07, 6.45) is 6.85. The van der Waals surface area contributed by atoms with E-state index >= 15 is 0 Å². The fourth-order valence-corrected chi connectivity index (χ4v) is 4.62. The van der Waals surface area contributed by atoms with Crippen molar-refractivity contribution in [1.82, 2.24) is 19.9 Å². The lowest BCUT2D eigenvalue weighted by Crippen LogP contribution is -2.39. The molecular formula is C27H29FN6. The molecule has 2 aromatic carbocycles. The zero-order chi connectivity index (χ0) is 23.5. The van der Waals surface area contributed by atoms with Crippen LogP contribution in [-0.4, -0.2) is 19.9 Å². The highest BCUT2D eigenvalue weighted by Gasteiger charge is 2.34. The number of nitrogens with one attached hydrogen (secondary N) is 2. The molecule has 4 N–H and O–H groups in total. The summed E-state index contributed by atoms with van der Waals surface area (Å²) in [6.45, 7) is 2.07. The van der Waals surface area contributed by atoms with Crippen molar-refractivity contribution in [2.45, 2.75) is 50.6 Å². The van der Waals surface area contributed by atoms with Crippen LogP contribution < -0.4 is 11.1 Å². The van der Waals surface area contributed by atoms with Gasteiger partial charge >= 0.3 is 0 Å². The van der Waals surface area contributed by atoms with Crippen molar-refractivity contribution in [3.05, 3.63) is 84.1 Å². The minimum Gasteiger partial charge on any atom is -0.348 e. The Kier molecular flexibility index (Phi) is 6.11. The third-order valence-electron chi connectivity index (χ3n) is 6.60. The quantitative estimate of drug-likeness (QED) is 0.333. The molecule has 1 saturated carbocycles. The van der Waals surface area contributed by atoms with Gasteiger partial charge in [0.25, 0.3) is 0 Å². The van der Waals surface area contributed by atoms with Gasteiger partial charge in [0.05, 0.1) is 28.7 Å². The van der Waals surface area contributed by atoms with Gasteiger partial charge in [-0.15, -0.1) is 0 Å². The Bertz CT molecular complexity index is 1250. The number of imidazole rings is 1. The highest BCUT2D eigenvalue weighted by atomic mass is 19.1. The van der Waals surface area contributed by atoms with E-state index in [0.29, 0.717) is 17.3 Å². The van der Waals surface area contributed by atoms with Crippen molar-refractivity contribution < 1.29 is 4.39 Å². The Morgan fingerprint density at radius 1 is 0.971 bits per heavy atom. The van der Waals surface area contributed by atoms with E-state index < -0.39 is 5.54 Å². The average Bonchev–Trinajstić information content (AvgIpc) is 3.32. The van der Waals surface area contributed by atoms with Gasteiger partial charge in [-0.3, -0.25) is 0 Å². The van der Waals surface area contributed by atoms with Gasteiger partial charge in [-0.05, 0) is 55.7 Å². The third-order valence-corrected chi connectivity index (χ3v) is 6.60. The molecule has 0 radical (unpaired) electrons. The number of H-pyrrole nitrogens is 1. The molecule has 4 aromatic rings. The van der Waals surface area contributed by atoms with E-state index in [-0.39, 0.29) is 11.9 Å². The molecule has 0 unspecified atom stereocenters. The van der Waals surface area contributed by atoms with Crippen LogP contribution in [0.15, 0.2) is 66.9 Å². The van der Waals surface area contributed by atoms with Crippen molar-refractivity contribution in [3.8, 4) is 22.6 Å². The predicted octanol–water partition coefficient (Wildman–Crippen LogP) is 5.96. The average molecular weight is 457 g/mol. The smallest absolute Gasteiger partial charge is 0.223 e. The number of anilines is 1. The molecule has 174 valence electrons. The largest absolute Gasteiger partial charge is 0.348 e. The van der Waals surface area contributed by atoms with E-state index in [4.69, 9.17) is 15.7 Å². The molecule has 6 nitrogen and oxygen atoms in total. The van der Waals surface area contributed by atoms with Gasteiger partial charge in [0.1, 0.15) is 11.6 Å². The Morgan fingerprint density at radius 3 is 2.44 bits per heavy atom. The van der Waals surface area contributed by atoms with Gasteiger partial charge in [0, 0.05) is 11.8 Å². The van der Waals surface area contributed by atoms with Crippen molar-refractivity contribution >= 4 is 5.95 Å². The number of rotatable bonds is 6. The molecule has 2 aromatic heterocycles. The van der Waals surface area contributed by atoms with E-state index in [2.05, 4.69) is 34.3 Å². The van der Waals surface area contributed by atoms with Crippen LogP contribution in [0.4, 0.5) is 10.3 Å². The van der Waals surface area contributed by atoms with Crippen LogP contribution in [-0.2, 0) is 5.54 Å². The maximum atomic E-state index is 13.6. The minimum atomic E-state index is -0.499. The Morgan fingerprint density at radius 2 is 1.71 bits per heavy atom. The summed E-state index contributed by atoms with van der Waals surface area (Å²) in [6, 6.07) is 18.4. The summed E-state index contributed by atoms with van der Waals surface area (Å²) < 4.78 is 13.6. The topological polar surface area (TPSA) is 92.5 Å². The monoisotopic (exact) mass is 456 g/mol. The number of nitrogens with two attached hydrogens (primary N) is 1. The van der Waals surface area contributed by atoms with Crippen LogP contribution >= 0.6 is 0 Å². The van der Waals surface area contributed by atoms with Crippen LogP contribution in [0, 0.1) is 5.82 Å². The van der Waals surface area contributed by atoms with Crippen LogP contribution in [0.5, 0.6) is 0 Å². The number of hydrogen-bond acceptors (Lipinski definition) is 5. The standard InChI is InChI=1S/C27H29FN6/c1-18(19-8-4-2-5-9-19)31-26-30-17-14-22(32-26)24-23(20-10-12-21(28)13-11-20)33-25(34-24)27(29)15-6-3-7-16-27/h2,4-5,8-14,17-18H,3,6-7,15-16,29H2,1H3,(H,33,34)(H,30,31,32)/t18-/m0/s1. The highest BCUT2D eigenvalue weighted by molar-refractivity contribution is 5.77. The van der Waals surface area contributed by atoms with E-state index in [1.807, 2.05) is 24.3 Å². The first-order valence-corrected chi connectivity index (χ1v) is 11.8. The molecule has 1 atom stereocenters. The lowest BCUT2D eigenvalue weighted by atomic mass is 9.82. The molecule has 34 heavy (non-hydrogen) atoms. The van der Waals surface area contributed by atoms with Crippen LogP contribution in [0.1, 0.15) is 56.5 Å². The molecule has 0 amide bonds. The van der Waals surface area contributed by atoms with Crippen LogP contribution in [0.2, 0.25) is 0 Å². The first-order valence-electron chi connectivity index (χ1n) is 11.8. The molecule has 1 fully saturated rings. The van der Waals surface area contributed by atoms with Gasteiger partial charge in [-0.25, -0.2) is 19.3 Å². The van der Waals surface area contributed by atoms with E-state index in [1.165, 1.54) is 18.6 Å². The van der Waals surface area contributed by atoms with Gasteiger partial charge in [0.2, 0.25) is 5.95 Å². The summed E-state index contributed by atoms with van der Waals surface area (Å²) >= 11 is 0. The molecule has 0 saturated heterocycles. The summed E-state index contributed by atoms with van der Waals surface area (Å²) in [5.41, 5.74) is 10.4. The fourth-order valence-electron chi connectivity index (χ4n) is 4.62. The second-order valence-electron chi connectivity index (χ2n) is 9.07. The van der Waals surface area contributed by atoms with E-state index in [0.717, 1.165) is 48.3 Å². The zero-order valence-corrected chi connectivity index (χ0v) is 19.3. The lowest BCUT2D eigenvalue weighted by molar-refractivity contribution is 0.289. The minimum absolute atomic E-state index is 0.0416. The molecule has 0 aliphatic heterocycles. The maximum Gasteiger partial charge on any atom is 0.223 e. The Labute approximate surface area is 198 Å². The first-order chi connectivity index (χ1) is 16.5. The van der Waals surface area contributed by atoms with Crippen molar-refractivity contribution in [1.29, 1.82) is 0 Å². The molecular weight excluding hydrogens is 427 g/mol. The van der Waals surface area contributed by atoms with Crippen molar-refractivity contribution in [2.24, 2.45) is 5.73 Å². The van der Waals surface area contributed by atoms with Crippen molar-refractivity contribution in [3.63, 3.8) is 0 Å². The molecule has 5 rings (SSSR count). The summed E-state index contributed by atoms with van der Waals surface area (Å²) in [4.78, 5) is 17.6. The molecule has 1 aliphatic carbocycles. The Balaban J connectivity index is 1.53. The molecule has 1 aliphatic rings. The zero-order valence-electron chi connectivity index (χ0n) is 19.3.